The zero-order chi connectivity index (χ0) is 11.5. The van der Waals surface area contributed by atoms with Gasteiger partial charge in [0.25, 0.3) is 0 Å². The van der Waals surface area contributed by atoms with E-state index in [4.69, 9.17) is 8.85 Å². The number of methoxy groups -OCH3 is 1. The number of hydrogen-bond donors (Lipinski definition) is 0. The van der Waals surface area contributed by atoms with Gasteiger partial charge in [-0.3, -0.25) is 4.98 Å². The van der Waals surface area contributed by atoms with Gasteiger partial charge in [0.05, 0.1) is 11.2 Å². The molecule has 1 aromatic rings. The highest BCUT2D eigenvalue weighted by atomic mass is 16.5. The number of rotatable bonds is 3. The lowest BCUT2D eigenvalue weighted by Gasteiger charge is -2.10. The molecule has 0 amide bonds. The maximum absolute atomic E-state index is 7.01. The van der Waals surface area contributed by atoms with Gasteiger partial charge in [0.15, 0.2) is 0 Å². The zero-order valence-electron chi connectivity index (χ0n) is 10.2. The van der Waals surface area contributed by atoms with Crippen molar-refractivity contribution in [1.29, 1.82) is 0 Å². The Morgan fingerprint density at radius 3 is 3.00 bits per heavy atom. The van der Waals surface area contributed by atoms with E-state index < -0.39 is 7.04 Å². The van der Waals surface area contributed by atoms with Gasteiger partial charge >= 0.3 is 0 Å². The maximum atomic E-state index is 7.01. The average molecular weight is 169 g/mol. The van der Waals surface area contributed by atoms with Crippen LogP contribution in [-0.4, -0.2) is 17.0 Å². The van der Waals surface area contributed by atoms with Crippen molar-refractivity contribution in [3.05, 3.63) is 18.1 Å². The topological polar surface area (TPSA) is 35.0 Å². The molecule has 0 spiro atoms. The number of hydrogen-bond acceptors (Lipinski definition) is 3. The van der Waals surface area contributed by atoms with Crippen molar-refractivity contribution in [2.75, 3.05) is 7.04 Å². The van der Waals surface area contributed by atoms with Gasteiger partial charge in [-0.15, -0.1) is 0 Å². The van der Waals surface area contributed by atoms with Gasteiger partial charge in [-0.25, -0.2) is 4.98 Å². The minimum Gasteiger partial charge on any atom is -0.480 e. The summed E-state index contributed by atoms with van der Waals surface area (Å²) in [4.78, 5) is 7.98. The number of aromatic nitrogens is 2. The molecule has 0 saturated heterocycles. The molecule has 0 aliphatic carbocycles. The van der Waals surface area contributed by atoms with E-state index >= 15 is 0 Å². The highest BCUT2D eigenvalue weighted by Gasteiger charge is 2.10. The van der Waals surface area contributed by atoms with Crippen LogP contribution in [0, 0.1) is 0 Å². The summed E-state index contributed by atoms with van der Waals surface area (Å²) in [7, 11) is -2.47. The number of nitrogens with zero attached hydrogens (tertiary/aromatic N) is 2. The highest BCUT2D eigenvalue weighted by molar-refractivity contribution is 5.20. The summed E-state index contributed by atoms with van der Waals surface area (Å²) in [6.07, 6.45) is 3.82. The van der Waals surface area contributed by atoms with E-state index in [0.717, 1.165) is 6.42 Å². The third kappa shape index (κ3) is 1.72. The molecule has 0 aromatic carbocycles. The fraction of sp³-hybridized carbons (Fsp3) is 0.556. The van der Waals surface area contributed by atoms with Crippen LogP contribution in [0.5, 0.6) is 5.88 Å². The molecular formula is C9H14N2O. The molecule has 1 unspecified atom stereocenters. The second-order valence-electron chi connectivity index (χ2n) is 2.66. The summed E-state index contributed by atoms with van der Waals surface area (Å²) >= 11 is 0. The molecule has 66 valence electrons. The molecule has 0 bridgehead atoms. The monoisotopic (exact) mass is 169 g/mol. The van der Waals surface area contributed by atoms with E-state index in [9.17, 15) is 0 Å². The van der Waals surface area contributed by atoms with Crippen molar-refractivity contribution in [3.8, 4) is 5.88 Å². The van der Waals surface area contributed by atoms with E-state index in [1.54, 1.807) is 0 Å². The van der Waals surface area contributed by atoms with E-state index in [2.05, 4.69) is 9.97 Å². The molecule has 0 fully saturated rings. The molecule has 0 aliphatic heterocycles. The van der Waals surface area contributed by atoms with Crippen LogP contribution < -0.4 is 4.74 Å². The smallest absolute Gasteiger partial charge is 0.235 e. The molecule has 0 aliphatic rings. The zero-order valence-corrected chi connectivity index (χ0v) is 7.24. The Kier molecular flexibility index (Phi) is 1.86. The van der Waals surface area contributed by atoms with E-state index in [-0.39, 0.29) is 11.8 Å². The Bertz CT molecular complexity index is 327. The summed E-state index contributed by atoms with van der Waals surface area (Å²) < 4.78 is 25.8. The first-order chi connectivity index (χ1) is 6.94. The third-order valence-corrected chi connectivity index (χ3v) is 1.87. The normalized spacial score (nSPS) is 17.3. The van der Waals surface area contributed by atoms with Crippen LogP contribution in [0.1, 0.15) is 36.0 Å². The molecule has 1 rings (SSSR count). The minimum atomic E-state index is -2.47. The van der Waals surface area contributed by atoms with Crippen LogP contribution in [0.4, 0.5) is 0 Å². The largest absolute Gasteiger partial charge is 0.480 e. The summed E-state index contributed by atoms with van der Waals surface area (Å²) in [5, 5.41) is 0. The summed E-state index contributed by atoms with van der Waals surface area (Å²) in [5.41, 5.74) is 0.594. The van der Waals surface area contributed by atoms with Gasteiger partial charge in [-0.1, -0.05) is 13.8 Å². The standard InChI is InChI=1S/C9H14N2O/c1-4-7(2)8-9(12-3)11-6-5-10-8/h5-7H,4H2,1-3H3/i3D3. The first-order valence-corrected chi connectivity index (χ1v) is 3.94. The molecule has 0 N–H and O–H groups in total. The van der Waals surface area contributed by atoms with E-state index in [1.807, 2.05) is 13.8 Å². The van der Waals surface area contributed by atoms with Crippen LogP contribution in [0.15, 0.2) is 12.4 Å². The Morgan fingerprint density at radius 1 is 1.58 bits per heavy atom. The van der Waals surface area contributed by atoms with Gasteiger partial charge in [0.1, 0.15) is 5.69 Å². The van der Waals surface area contributed by atoms with Crippen molar-refractivity contribution in [2.24, 2.45) is 0 Å². The van der Waals surface area contributed by atoms with Crippen LogP contribution in [0.3, 0.4) is 0 Å². The third-order valence-electron chi connectivity index (χ3n) is 1.87. The van der Waals surface area contributed by atoms with E-state index in [0.29, 0.717) is 5.69 Å². The fourth-order valence-corrected chi connectivity index (χ4v) is 0.946. The summed E-state index contributed by atoms with van der Waals surface area (Å²) in [6.45, 7) is 3.95. The average Bonchev–Trinajstić information content (AvgIpc) is 2.15. The molecule has 12 heavy (non-hydrogen) atoms. The Morgan fingerprint density at radius 2 is 2.33 bits per heavy atom. The maximum Gasteiger partial charge on any atom is 0.235 e. The van der Waals surface area contributed by atoms with Gasteiger partial charge in [-0.2, -0.15) is 0 Å². The molecule has 1 aromatic heterocycles. The van der Waals surface area contributed by atoms with Crippen LogP contribution in [0.25, 0.3) is 0 Å². The summed E-state index contributed by atoms with van der Waals surface area (Å²) in [6, 6.07) is 0. The first-order valence-electron chi connectivity index (χ1n) is 5.44. The predicted octanol–water partition coefficient (Wildman–Crippen LogP) is 2.00. The van der Waals surface area contributed by atoms with Crippen molar-refractivity contribution < 1.29 is 8.85 Å². The quantitative estimate of drug-likeness (QED) is 0.694. The molecular weight excluding hydrogens is 152 g/mol. The van der Waals surface area contributed by atoms with E-state index in [1.165, 1.54) is 12.4 Å². The lowest BCUT2D eigenvalue weighted by Crippen LogP contribution is -2.01. The molecule has 1 atom stereocenters. The second-order valence-corrected chi connectivity index (χ2v) is 2.66. The first kappa shape index (κ1) is 5.51. The summed E-state index contributed by atoms with van der Waals surface area (Å²) in [5.74, 6) is 0.239. The molecule has 0 radical (unpaired) electrons. The van der Waals surface area contributed by atoms with Crippen LogP contribution >= 0.6 is 0 Å². The second kappa shape index (κ2) is 4.04. The van der Waals surface area contributed by atoms with Crippen molar-refractivity contribution in [1.82, 2.24) is 9.97 Å². The lowest BCUT2D eigenvalue weighted by molar-refractivity contribution is 0.384. The van der Waals surface area contributed by atoms with Gasteiger partial charge in [0, 0.05) is 18.3 Å². The predicted molar refractivity (Wildman–Crippen MR) is 47.3 cm³/mol. The Balaban J connectivity index is 2.96. The highest BCUT2D eigenvalue weighted by Crippen LogP contribution is 2.23. The van der Waals surface area contributed by atoms with Gasteiger partial charge < -0.3 is 4.74 Å². The molecule has 1 heterocycles. The molecule has 0 saturated carbocycles. The van der Waals surface area contributed by atoms with Crippen LogP contribution in [0.2, 0.25) is 0 Å². The molecule has 3 nitrogen and oxygen atoms in total. The fourth-order valence-electron chi connectivity index (χ4n) is 0.946. The number of ether oxygens (including phenoxy) is 1. The Hall–Kier alpha value is -1.12. The van der Waals surface area contributed by atoms with Gasteiger partial charge in [0.2, 0.25) is 5.88 Å². The lowest BCUT2D eigenvalue weighted by atomic mass is 10.1. The Labute approximate surface area is 77.0 Å². The van der Waals surface area contributed by atoms with Crippen molar-refractivity contribution in [2.45, 2.75) is 26.2 Å². The SMILES string of the molecule is [2H]C([2H])([2H])Oc1nccnc1C(C)CC. The van der Waals surface area contributed by atoms with Gasteiger partial charge in [-0.05, 0) is 6.42 Å². The van der Waals surface area contributed by atoms with Crippen LogP contribution in [-0.2, 0) is 0 Å². The van der Waals surface area contributed by atoms with Crippen molar-refractivity contribution in [3.63, 3.8) is 0 Å². The minimum absolute atomic E-state index is 0.104. The van der Waals surface area contributed by atoms with Crippen molar-refractivity contribution >= 4 is 0 Å². The molecule has 3 heteroatoms.